The smallest absolute Gasteiger partial charge is 0.241 e. The lowest BCUT2D eigenvalue weighted by molar-refractivity contribution is 0.157. The molecule has 50 heavy (non-hydrogen) atoms. The van der Waals surface area contributed by atoms with Crippen molar-refractivity contribution in [3.63, 3.8) is 0 Å². The Labute approximate surface area is 306 Å². The minimum absolute atomic E-state index is 0.0224. The molecular weight excluding hydrogens is 661 g/mol. The lowest BCUT2D eigenvalue weighted by Gasteiger charge is -2.34. The first-order valence-corrected chi connectivity index (χ1v) is 20.3. The lowest BCUT2D eigenvalue weighted by atomic mass is 9.71. The molecule has 1 N–H and O–H groups in total. The number of fused-ring (bicyclic) bond motifs is 1. The summed E-state index contributed by atoms with van der Waals surface area (Å²) in [7, 11) is -2.94. The number of hydrogen-bond donors (Lipinski definition) is 1. The van der Waals surface area contributed by atoms with Crippen LogP contribution in [0.5, 0.6) is 5.88 Å². The summed E-state index contributed by atoms with van der Waals surface area (Å²) in [6, 6.07) is 16.3. The molecule has 0 atom stereocenters. The second-order valence-corrected chi connectivity index (χ2v) is 18.8. The van der Waals surface area contributed by atoms with E-state index >= 15 is 0 Å². The summed E-state index contributed by atoms with van der Waals surface area (Å²) < 4.78 is 30.8. The average molecular weight is 721 g/mol. The van der Waals surface area contributed by atoms with E-state index in [0.717, 1.165) is 53.5 Å². The van der Waals surface area contributed by atoms with Crippen LogP contribution in [0.2, 0.25) is 0 Å². The van der Waals surface area contributed by atoms with Crippen molar-refractivity contribution < 1.29 is 13.2 Å². The van der Waals surface area contributed by atoms with Gasteiger partial charge in [-0.25, -0.2) is 28.1 Å². The molecule has 2 heterocycles. The van der Waals surface area contributed by atoms with Gasteiger partial charge in [-0.3, -0.25) is 0 Å². The third-order valence-electron chi connectivity index (χ3n) is 8.60. The summed E-state index contributed by atoms with van der Waals surface area (Å²) in [5.74, 6) is 1.07. The summed E-state index contributed by atoms with van der Waals surface area (Å²) in [5, 5.41) is 3.31. The molecule has 2 aromatic heterocycles. The topological polar surface area (TPSA) is 94.1 Å². The van der Waals surface area contributed by atoms with Crippen molar-refractivity contribution in [3.05, 3.63) is 76.3 Å². The first-order chi connectivity index (χ1) is 23.3. The molecule has 1 aliphatic carbocycles. The zero-order chi connectivity index (χ0) is 37.3. The van der Waals surface area contributed by atoms with Crippen LogP contribution in [0.1, 0.15) is 125 Å². The number of thiazole rings is 1. The van der Waals surface area contributed by atoms with E-state index in [9.17, 15) is 8.42 Å². The molecule has 7 nitrogen and oxygen atoms in total. The Balaban J connectivity index is 0.000000307. The molecule has 1 fully saturated rings. The van der Waals surface area contributed by atoms with Crippen molar-refractivity contribution in [2.75, 3.05) is 0 Å². The molecule has 2 aromatic carbocycles. The zero-order valence-electron chi connectivity index (χ0n) is 32.4. The molecule has 1 aliphatic rings. The Bertz CT molecular complexity index is 1780. The van der Waals surface area contributed by atoms with Gasteiger partial charge >= 0.3 is 0 Å². The fraction of sp³-hybridized carbons (Fsp3) is 0.537. The second kappa shape index (κ2) is 17.9. The monoisotopic (exact) mass is 720 g/mol. The summed E-state index contributed by atoms with van der Waals surface area (Å²) in [5.41, 5.74) is 6.67. The maximum absolute atomic E-state index is 11.1. The van der Waals surface area contributed by atoms with Crippen molar-refractivity contribution in [1.29, 1.82) is 0 Å². The third-order valence-corrected chi connectivity index (χ3v) is 11.9. The normalized spacial score (nSPS) is 13.8. The van der Waals surface area contributed by atoms with Crippen LogP contribution in [0.15, 0.2) is 60.0 Å². The van der Waals surface area contributed by atoms with E-state index in [1.165, 1.54) is 10.7 Å². The molecule has 0 saturated heterocycles. The van der Waals surface area contributed by atoms with Gasteiger partial charge in [0.25, 0.3) is 0 Å². The molecule has 0 spiro atoms. The maximum atomic E-state index is 11.1. The molecule has 1 saturated carbocycles. The number of aromatic nitrogens is 3. The highest BCUT2D eigenvalue weighted by Crippen LogP contribution is 2.36. The van der Waals surface area contributed by atoms with Gasteiger partial charge in [-0.2, -0.15) is 0 Å². The highest BCUT2D eigenvalue weighted by atomic mass is 32.2. The van der Waals surface area contributed by atoms with E-state index in [2.05, 4.69) is 102 Å². The predicted octanol–water partition coefficient (Wildman–Crippen LogP) is 10.9. The van der Waals surface area contributed by atoms with Crippen molar-refractivity contribution in [2.24, 2.45) is 10.8 Å². The number of para-hydroxylation sites is 2. The van der Waals surface area contributed by atoms with Gasteiger partial charge in [-0.05, 0) is 88.0 Å². The second-order valence-electron chi connectivity index (χ2n) is 15.9. The van der Waals surface area contributed by atoms with Crippen LogP contribution in [-0.4, -0.2) is 40.8 Å². The Kier molecular flexibility index (Phi) is 14.8. The standard InChI is InChI=1S/C27H29N3OS.C8H18.C6H13NO2S/c1-18(2)27-28-22(17-32-27)13-6-5-10-20-11-9-12-21(16-20)25-26(31-19(3)4)30-24-15-8-7-14-23(24)29-25;1-7(2,3)8(4,5)6;1-5(2)7-10(8,9)6-3-4-6/h5,7-12,14-19H,6,13H2,1-4H3;1-6H3;5-7H,3-4H2,1-2H3/b10-5+;;. The number of allylic oxidation sites excluding steroid dienone is 1. The number of nitrogens with one attached hydrogen (secondary N) is 1. The Hall–Kier alpha value is -3.14. The number of aryl methyl sites for hydroxylation is 1. The van der Waals surface area contributed by atoms with Gasteiger partial charge in [0.1, 0.15) is 5.69 Å². The van der Waals surface area contributed by atoms with E-state index in [0.29, 0.717) is 22.6 Å². The van der Waals surface area contributed by atoms with E-state index in [4.69, 9.17) is 19.7 Å². The molecule has 0 amide bonds. The van der Waals surface area contributed by atoms with Crippen LogP contribution < -0.4 is 9.46 Å². The molecule has 0 unspecified atom stereocenters. The van der Waals surface area contributed by atoms with Gasteiger partial charge < -0.3 is 4.74 Å². The van der Waals surface area contributed by atoms with Crippen LogP contribution >= 0.6 is 11.3 Å². The summed E-state index contributed by atoms with van der Waals surface area (Å²) in [4.78, 5) is 14.3. The van der Waals surface area contributed by atoms with Gasteiger partial charge in [-0.1, -0.05) is 97.9 Å². The van der Waals surface area contributed by atoms with E-state index < -0.39 is 10.0 Å². The van der Waals surface area contributed by atoms with Gasteiger partial charge in [-0.15, -0.1) is 11.3 Å². The lowest BCUT2D eigenvalue weighted by Crippen LogP contribution is -2.32. The summed E-state index contributed by atoms with van der Waals surface area (Å²) in [6.45, 7) is 25.7. The minimum atomic E-state index is -2.94. The van der Waals surface area contributed by atoms with Crippen LogP contribution in [0.3, 0.4) is 0 Å². The molecule has 5 rings (SSSR count). The molecule has 0 radical (unpaired) electrons. The molecule has 0 bridgehead atoms. The highest BCUT2D eigenvalue weighted by Gasteiger charge is 2.35. The first-order valence-electron chi connectivity index (χ1n) is 17.9. The first kappa shape index (κ1) is 41.3. The quantitative estimate of drug-likeness (QED) is 0.166. The highest BCUT2D eigenvalue weighted by molar-refractivity contribution is 7.90. The molecule has 0 aliphatic heterocycles. The number of sulfonamides is 1. The van der Waals surface area contributed by atoms with Gasteiger partial charge in [0, 0.05) is 22.9 Å². The SMILES string of the molecule is CC(C)(C)C(C)(C)C.CC(C)NS(=O)(=O)C1CC1.CC(C)Oc1nc2ccccc2nc1-c1cccc(/C=C/CCc2csc(C(C)C)n2)c1. The van der Waals surface area contributed by atoms with Crippen molar-refractivity contribution in [3.8, 4) is 17.1 Å². The Morgan fingerprint density at radius 1 is 0.880 bits per heavy atom. The fourth-order valence-corrected chi connectivity index (χ4v) is 6.70. The number of ether oxygens (including phenoxy) is 1. The molecular formula is C41H60N4O3S2. The molecule has 4 aromatic rings. The van der Waals surface area contributed by atoms with Crippen LogP contribution in [0, 0.1) is 10.8 Å². The summed E-state index contributed by atoms with van der Waals surface area (Å²) >= 11 is 1.76. The maximum Gasteiger partial charge on any atom is 0.241 e. The minimum Gasteiger partial charge on any atom is -0.473 e. The number of benzene rings is 2. The molecule has 9 heteroatoms. The third kappa shape index (κ3) is 13.2. The average Bonchev–Trinajstić information content (AvgIpc) is 3.77. The fourth-order valence-electron chi connectivity index (χ4n) is 4.22. The van der Waals surface area contributed by atoms with E-state index in [1.807, 2.05) is 52.0 Å². The Morgan fingerprint density at radius 3 is 2.02 bits per heavy atom. The number of nitrogens with zero attached hydrogens (tertiary/aromatic N) is 3. The number of rotatable bonds is 11. The van der Waals surface area contributed by atoms with Crippen molar-refractivity contribution in [1.82, 2.24) is 19.7 Å². The van der Waals surface area contributed by atoms with Crippen LogP contribution in [0.4, 0.5) is 0 Å². The van der Waals surface area contributed by atoms with Crippen molar-refractivity contribution in [2.45, 2.75) is 132 Å². The van der Waals surface area contributed by atoms with E-state index in [1.54, 1.807) is 11.3 Å². The van der Waals surface area contributed by atoms with Crippen LogP contribution in [0.25, 0.3) is 28.4 Å². The summed E-state index contributed by atoms with van der Waals surface area (Å²) in [6.07, 6.45) is 7.99. The zero-order valence-corrected chi connectivity index (χ0v) is 34.0. The Morgan fingerprint density at radius 2 is 1.50 bits per heavy atom. The molecule has 274 valence electrons. The van der Waals surface area contributed by atoms with Gasteiger partial charge in [0.05, 0.1) is 33.1 Å². The number of hydrogen-bond acceptors (Lipinski definition) is 7. The van der Waals surface area contributed by atoms with Crippen LogP contribution in [-0.2, 0) is 16.4 Å². The van der Waals surface area contributed by atoms with Crippen molar-refractivity contribution >= 4 is 38.5 Å². The van der Waals surface area contributed by atoms with Gasteiger partial charge in [0.15, 0.2) is 0 Å². The largest absolute Gasteiger partial charge is 0.473 e. The predicted molar refractivity (Wildman–Crippen MR) is 213 cm³/mol. The van der Waals surface area contributed by atoms with Gasteiger partial charge in [0.2, 0.25) is 15.9 Å². The van der Waals surface area contributed by atoms with E-state index in [-0.39, 0.29) is 17.4 Å².